The molecule has 0 N–H and O–H groups in total. The van der Waals surface area contributed by atoms with Crippen LogP contribution in [0.1, 0.15) is 52.4 Å². The molecule has 0 radical (unpaired) electrons. The molecule has 0 aromatic rings. The molecule has 0 aliphatic carbocycles. The van der Waals surface area contributed by atoms with Crippen LogP contribution in [0.25, 0.3) is 0 Å². The van der Waals surface area contributed by atoms with E-state index in [1.54, 1.807) is 0 Å². The van der Waals surface area contributed by atoms with Crippen LogP contribution >= 0.6 is 0 Å². The summed E-state index contributed by atoms with van der Waals surface area (Å²) in [6.45, 7) is 8.65. The molecule has 0 bridgehead atoms. The van der Waals surface area contributed by atoms with Gasteiger partial charge in [-0.1, -0.05) is 26.7 Å². The summed E-state index contributed by atoms with van der Waals surface area (Å²) < 4.78 is 0. The summed E-state index contributed by atoms with van der Waals surface area (Å²) in [7, 11) is 0. The maximum Gasteiger partial charge on any atom is 0.166 e. The van der Waals surface area contributed by atoms with E-state index in [0.717, 1.165) is 39.0 Å². The maximum absolute atomic E-state index is 12.8. The van der Waals surface area contributed by atoms with Gasteiger partial charge in [0, 0.05) is 0 Å². The summed E-state index contributed by atoms with van der Waals surface area (Å²) in [5.41, 5.74) is 0. The molecular weight excluding hydrogens is 224 g/mol. The fraction of sp³-hybridized carbons (Fsp3) is 0.933. The van der Waals surface area contributed by atoms with Gasteiger partial charge in [-0.25, -0.2) is 0 Å². The van der Waals surface area contributed by atoms with Gasteiger partial charge in [-0.05, 0) is 51.9 Å². The van der Waals surface area contributed by atoms with Gasteiger partial charge in [-0.2, -0.15) is 0 Å². The number of Topliss-reactive ketones (excluding diaryl/α,β-unsaturated/α-hetero) is 1. The second kappa shape index (κ2) is 6.67. The van der Waals surface area contributed by atoms with Crippen LogP contribution in [-0.2, 0) is 4.79 Å². The number of nitrogens with zero attached hydrogens (tertiary/aromatic N) is 2. The Morgan fingerprint density at radius 2 is 1.33 bits per heavy atom. The number of likely N-dealkylation sites (tertiary alicyclic amines) is 2. The lowest BCUT2D eigenvalue weighted by Crippen LogP contribution is -2.54. The highest BCUT2D eigenvalue weighted by molar-refractivity contribution is 5.89. The number of carbonyl (C=O) groups excluding carboxylic acids is 1. The summed E-state index contributed by atoms with van der Waals surface area (Å²) in [5.74, 6) is 0.512. The maximum atomic E-state index is 12.8. The van der Waals surface area contributed by atoms with Crippen LogP contribution in [0.2, 0.25) is 0 Å². The third-order valence-electron chi connectivity index (χ3n) is 4.70. The van der Waals surface area contributed by atoms with E-state index in [1.807, 2.05) is 0 Å². The lowest BCUT2D eigenvalue weighted by Gasteiger charge is -2.40. The topological polar surface area (TPSA) is 23.6 Å². The Kier molecular flexibility index (Phi) is 5.19. The standard InChI is InChI=1S/C15H28N2O/c1-3-16-11-7-5-9-13(16)15(18)14-10-6-8-12-17(14)4-2/h13-14H,3-12H2,1-2H3. The fourth-order valence-electron chi connectivity index (χ4n) is 3.61. The number of rotatable bonds is 4. The Labute approximate surface area is 112 Å². The predicted octanol–water partition coefficient (Wildman–Crippen LogP) is 2.30. The third kappa shape index (κ3) is 2.94. The van der Waals surface area contributed by atoms with Crippen LogP contribution in [0.15, 0.2) is 0 Å². The Hall–Kier alpha value is -0.410. The number of piperidine rings is 2. The minimum atomic E-state index is 0.209. The summed E-state index contributed by atoms with van der Waals surface area (Å²) in [5, 5.41) is 0. The highest BCUT2D eigenvalue weighted by Crippen LogP contribution is 2.24. The zero-order valence-corrected chi connectivity index (χ0v) is 12.0. The number of hydrogen-bond donors (Lipinski definition) is 0. The van der Waals surface area contributed by atoms with Crippen LogP contribution in [0, 0.1) is 0 Å². The quantitative estimate of drug-likeness (QED) is 0.767. The van der Waals surface area contributed by atoms with Crippen molar-refractivity contribution in [3.8, 4) is 0 Å². The van der Waals surface area contributed by atoms with Gasteiger partial charge in [-0.15, -0.1) is 0 Å². The van der Waals surface area contributed by atoms with Crippen molar-refractivity contribution in [3.63, 3.8) is 0 Å². The molecule has 2 atom stereocenters. The molecule has 2 aliphatic heterocycles. The van der Waals surface area contributed by atoms with Gasteiger partial charge < -0.3 is 0 Å². The largest absolute Gasteiger partial charge is 0.296 e. The van der Waals surface area contributed by atoms with Crippen LogP contribution in [-0.4, -0.2) is 53.8 Å². The molecule has 0 aromatic heterocycles. The first-order valence-electron chi connectivity index (χ1n) is 7.79. The summed E-state index contributed by atoms with van der Waals surface area (Å²) in [6.07, 6.45) is 7.15. The number of carbonyl (C=O) groups is 1. The Balaban J connectivity index is 2.03. The van der Waals surface area contributed by atoms with E-state index in [0.29, 0.717) is 5.78 Å². The average Bonchev–Trinajstić information content (AvgIpc) is 2.46. The van der Waals surface area contributed by atoms with Crippen LogP contribution < -0.4 is 0 Å². The van der Waals surface area contributed by atoms with E-state index in [-0.39, 0.29) is 12.1 Å². The molecule has 2 aliphatic rings. The molecule has 0 aromatic carbocycles. The Morgan fingerprint density at radius 1 is 0.889 bits per heavy atom. The normalized spacial score (nSPS) is 31.4. The van der Waals surface area contributed by atoms with Gasteiger partial charge in [-0.3, -0.25) is 14.6 Å². The highest BCUT2D eigenvalue weighted by Gasteiger charge is 2.35. The Bertz CT molecular complexity index is 254. The van der Waals surface area contributed by atoms with Crippen LogP contribution in [0.3, 0.4) is 0 Å². The van der Waals surface area contributed by atoms with Gasteiger partial charge in [0.15, 0.2) is 5.78 Å². The molecule has 104 valence electrons. The van der Waals surface area contributed by atoms with Gasteiger partial charge in [0.1, 0.15) is 0 Å². The lowest BCUT2D eigenvalue weighted by molar-refractivity contribution is -0.132. The second-order valence-electron chi connectivity index (χ2n) is 5.68. The molecular formula is C15H28N2O. The smallest absolute Gasteiger partial charge is 0.166 e. The SMILES string of the molecule is CCN1CCCCC1C(=O)C1CCCCN1CC. The van der Waals surface area contributed by atoms with Gasteiger partial charge in [0.25, 0.3) is 0 Å². The van der Waals surface area contributed by atoms with Crippen molar-refractivity contribution < 1.29 is 4.79 Å². The fourth-order valence-corrected chi connectivity index (χ4v) is 3.61. The molecule has 2 unspecified atom stereocenters. The molecule has 2 heterocycles. The predicted molar refractivity (Wildman–Crippen MR) is 74.8 cm³/mol. The van der Waals surface area contributed by atoms with E-state index < -0.39 is 0 Å². The molecule has 2 fully saturated rings. The zero-order chi connectivity index (χ0) is 13.0. The number of hydrogen-bond acceptors (Lipinski definition) is 3. The van der Waals surface area contributed by atoms with Crippen molar-refractivity contribution in [3.05, 3.63) is 0 Å². The molecule has 0 amide bonds. The van der Waals surface area contributed by atoms with Crippen molar-refractivity contribution in [1.29, 1.82) is 0 Å². The lowest BCUT2D eigenvalue weighted by atomic mass is 9.89. The second-order valence-corrected chi connectivity index (χ2v) is 5.68. The molecule has 0 spiro atoms. The molecule has 18 heavy (non-hydrogen) atoms. The molecule has 0 saturated carbocycles. The van der Waals surface area contributed by atoms with E-state index in [4.69, 9.17) is 0 Å². The highest BCUT2D eigenvalue weighted by atomic mass is 16.1. The summed E-state index contributed by atoms with van der Waals surface area (Å²) in [6, 6.07) is 0.418. The first-order valence-corrected chi connectivity index (χ1v) is 7.79. The minimum Gasteiger partial charge on any atom is -0.296 e. The molecule has 3 heteroatoms. The van der Waals surface area contributed by atoms with Gasteiger partial charge in [0.05, 0.1) is 12.1 Å². The molecule has 2 rings (SSSR count). The number of likely N-dealkylation sites (N-methyl/N-ethyl adjacent to an activating group) is 2. The zero-order valence-electron chi connectivity index (χ0n) is 12.0. The van der Waals surface area contributed by atoms with Gasteiger partial charge >= 0.3 is 0 Å². The van der Waals surface area contributed by atoms with Gasteiger partial charge in [0.2, 0.25) is 0 Å². The van der Waals surface area contributed by atoms with Crippen LogP contribution in [0.4, 0.5) is 0 Å². The van der Waals surface area contributed by atoms with Crippen molar-refractivity contribution in [2.24, 2.45) is 0 Å². The van der Waals surface area contributed by atoms with Crippen LogP contribution in [0.5, 0.6) is 0 Å². The van der Waals surface area contributed by atoms with E-state index >= 15 is 0 Å². The van der Waals surface area contributed by atoms with Crippen molar-refractivity contribution in [1.82, 2.24) is 9.80 Å². The van der Waals surface area contributed by atoms with E-state index in [2.05, 4.69) is 23.6 Å². The monoisotopic (exact) mass is 252 g/mol. The minimum absolute atomic E-state index is 0.209. The van der Waals surface area contributed by atoms with Crippen molar-refractivity contribution in [2.45, 2.75) is 64.5 Å². The Morgan fingerprint density at radius 3 is 1.72 bits per heavy atom. The first-order chi connectivity index (χ1) is 8.77. The first kappa shape index (κ1) is 14.0. The number of ketones is 1. The molecule has 3 nitrogen and oxygen atoms in total. The summed E-state index contributed by atoms with van der Waals surface area (Å²) >= 11 is 0. The summed E-state index contributed by atoms with van der Waals surface area (Å²) in [4.78, 5) is 17.6. The van der Waals surface area contributed by atoms with Crippen molar-refractivity contribution in [2.75, 3.05) is 26.2 Å². The van der Waals surface area contributed by atoms with E-state index in [9.17, 15) is 4.79 Å². The molecule has 2 saturated heterocycles. The van der Waals surface area contributed by atoms with Crippen molar-refractivity contribution >= 4 is 5.78 Å². The third-order valence-corrected chi connectivity index (χ3v) is 4.70. The average molecular weight is 252 g/mol. The van der Waals surface area contributed by atoms with E-state index in [1.165, 1.54) is 25.7 Å².